The van der Waals surface area contributed by atoms with Gasteiger partial charge in [0.15, 0.2) is 11.5 Å². The summed E-state index contributed by atoms with van der Waals surface area (Å²) in [6.45, 7) is 2.99. The fourth-order valence-electron chi connectivity index (χ4n) is 1.79. The van der Waals surface area contributed by atoms with Crippen LogP contribution >= 0.6 is 0 Å². The monoisotopic (exact) mass is 262 g/mol. The van der Waals surface area contributed by atoms with Crippen LogP contribution in [-0.4, -0.2) is 19.3 Å². The predicted molar refractivity (Wildman–Crippen MR) is 71.3 cm³/mol. The maximum absolute atomic E-state index is 5.74. The first-order valence-corrected chi connectivity index (χ1v) is 6.09. The van der Waals surface area contributed by atoms with Crippen molar-refractivity contribution in [2.24, 2.45) is 0 Å². The molecule has 0 fully saturated rings. The number of aromatic nitrogens is 1. The molecule has 0 saturated carbocycles. The molecule has 0 aliphatic heterocycles. The van der Waals surface area contributed by atoms with Gasteiger partial charge in [0, 0.05) is 12.6 Å². The van der Waals surface area contributed by atoms with Crippen LogP contribution in [0.2, 0.25) is 0 Å². The molecule has 0 radical (unpaired) electrons. The average Bonchev–Trinajstić information content (AvgIpc) is 2.83. The summed E-state index contributed by atoms with van der Waals surface area (Å²) in [7, 11) is 3.53. The van der Waals surface area contributed by atoms with Crippen molar-refractivity contribution < 1.29 is 14.0 Å². The second-order valence-electron chi connectivity index (χ2n) is 4.23. The van der Waals surface area contributed by atoms with Gasteiger partial charge in [0.05, 0.1) is 7.11 Å². The molecule has 0 aliphatic carbocycles. The minimum Gasteiger partial charge on any atom is -0.493 e. The molecule has 102 valence electrons. The zero-order valence-corrected chi connectivity index (χ0v) is 11.4. The first-order valence-electron chi connectivity index (χ1n) is 6.09. The molecule has 2 aromatic rings. The lowest BCUT2D eigenvalue weighted by Crippen LogP contribution is -2.06. The first kappa shape index (κ1) is 13.4. The van der Waals surface area contributed by atoms with Crippen LogP contribution in [0.4, 0.5) is 0 Å². The van der Waals surface area contributed by atoms with E-state index < -0.39 is 0 Å². The Morgan fingerprint density at radius 2 is 2.11 bits per heavy atom. The molecule has 0 spiro atoms. The largest absolute Gasteiger partial charge is 0.493 e. The molecule has 1 N–H and O–H groups in total. The van der Waals surface area contributed by atoms with E-state index in [1.807, 2.05) is 38.2 Å². The summed E-state index contributed by atoms with van der Waals surface area (Å²) in [5.41, 5.74) is 1.90. The summed E-state index contributed by atoms with van der Waals surface area (Å²) in [4.78, 5) is 0. The second-order valence-corrected chi connectivity index (χ2v) is 4.23. The Morgan fingerprint density at radius 3 is 2.74 bits per heavy atom. The fourth-order valence-corrected chi connectivity index (χ4v) is 1.79. The van der Waals surface area contributed by atoms with E-state index in [1.165, 1.54) is 0 Å². The minimum absolute atomic E-state index is 0.358. The van der Waals surface area contributed by atoms with Crippen molar-refractivity contribution in [2.75, 3.05) is 14.2 Å². The summed E-state index contributed by atoms with van der Waals surface area (Å²) in [5.74, 6) is 2.19. The van der Waals surface area contributed by atoms with Crippen molar-refractivity contribution in [3.8, 4) is 11.5 Å². The van der Waals surface area contributed by atoms with Crippen molar-refractivity contribution in [2.45, 2.75) is 20.1 Å². The molecule has 0 atom stereocenters. The molecule has 2 rings (SSSR count). The highest BCUT2D eigenvalue weighted by atomic mass is 16.5. The lowest BCUT2D eigenvalue weighted by Gasteiger charge is -2.11. The molecule has 0 unspecified atom stereocenters. The van der Waals surface area contributed by atoms with Crippen LogP contribution in [0.3, 0.4) is 0 Å². The molecule has 0 aliphatic rings. The molecule has 0 amide bonds. The summed E-state index contributed by atoms with van der Waals surface area (Å²) in [6.07, 6.45) is 0. The molecule has 19 heavy (non-hydrogen) atoms. The van der Waals surface area contributed by atoms with Crippen LogP contribution in [0.15, 0.2) is 28.8 Å². The van der Waals surface area contributed by atoms with Crippen LogP contribution in [0.5, 0.6) is 11.5 Å². The summed E-state index contributed by atoms with van der Waals surface area (Å²) in [5, 5.41) is 6.99. The van der Waals surface area contributed by atoms with Crippen molar-refractivity contribution in [3.63, 3.8) is 0 Å². The number of hydrogen-bond donors (Lipinski definition) is 1. The normalized spacial score (nSPS) is 10.5. The predicted octanol–water partition coefficient (Wildman–Crippen LogP) is 2.29. The van der Waals surface area contributed by atoms with Crippen LogP contribution < -0.4 is 14.8 Å². The Hall–Kier alpha value is -2.01. The number of hydrogen-bond acceptors (Lipinski definition) is 5. The Balaban J connectivity index is 2.10. The molecule has 5 nitrogen and oxygen atoms in total. The van der Waals surface area contributed by atoms with Gasteiger partial charge in [0.1, 0.15) is 18.1 Å². The summed E-state index contributed by atoms with van der Waals surface area (Å²) < 4.78 is 16.0. The zero-order valence-electron chi connectivity index (χ0n) is 11.4. The number of ether oxygens (including phenoxy) is 2. The van der Waals surface area contributed by atoms with E-state index in [2.05, 4.69) is 10.5 Å². The van der Waals surface area contributed by atoms with E-state index in [-0.39, 0.29) is 0 Å². The van der Waals surface area contributed by atoms with Crippen molar-refractivity contribution >= 4 is 0 Å². The van der Waals surface area contributed by atoms with Crippen LogP contribution in [-0.2, 0) is 13.2 Å². The van der Waals surface area contributed by atoms with Gasteiger partial charge in [-0.3, -0.25) is 0 Å². The third kappa shape index (κ3) is 3.48. The van der Waals surface area contributed by atoms with E-state index in [4.69, 9.17) is 14.0 Å². The Morgan fingerprint density at radius 1 is 1.26 bits per heavy atom. The van der Waals surface area contributed by atoms with Crippen molar-refractivity contribution in [1.82, 2.24) is 10.5 Å². The van der Waals surface area contributed by atoms with E-state index in [1.54, 1.807) is 7.11 Å². The molecule has 1 aromatic carbocycles. The molecule has 5 heteroatoms. The van der Waals surface area contributed by atoms with Crippen LogP contribution in [0.25, 0.3) is 0 Å². The summed E-state index contributed by atoms with van der Waals surface area (Å²) in [6, 6.07) is 7.71. The van der Waals surface area contributed by atoms with Gasteiger partial charge < -0.3 is 19.3 Å². The lowest BCUT2D eigenvalue weighted by atomic mass is 10.2. The Labute approximate surface area is 112 Å². The van der Waals surface area contributed by atoms with Gasteiger partial charge in [-0.2, -0.15) is 0 Å². The highest BCUT2D eigenvalue weighted by molar-refractivity contribution is 5.43. The van der Waals surface area contributed by atoms with E-state index in [9.17, 15) is 0 Å². The molecule has 0 saturated heterocycles. The number of rotatable bonds is 6. The molecule has 1 aromatic heterocycles. The van der Waals surface area contributed by atoms with E-state index in [0.29, 0.717) is 18.1 Å². The van der Waals surface area contributed by atoms with Gasteiger partial charge in [-0.15, -0.1) is 0 Å². The van der Waals surface area contributed by atoms with Gasteiger partial charge in [-0.1, -0.05) is 11.2 Å². The molecule has 1 heterocycles. The topological polar surface area (TPSA) is 56.5 Å². The standard InChI is InChI=1S/C14H18N2O3/c1-10-6-12(16-19-10)9-18-14-7-11(8-15-2)4-5-13(14)17-3/h4-7,15H,8-9H2,1-3H3. The number of benzene rings is 1. The van der Waals surface area contributed by atoms with Crippen LogP contribution in [0, 0.1) is 6.92 Å². The first-order chi connectivity index (χ1) is 9.22. The van der Waals surface area contributed by atoms with Gasteiger partial charge >= 0.3 is 0 Å². The molecular weight excluding hydrogens is 244 g/mol. The maximum Gasteiger partial charge on any atom is 0.162 e. The highest BCUT2D eigenvalue weighted by Gasteiger charge is 2.07. The fraction of sp³-hybridized carbons (Fsp3) is 0.357. The second kappa shape index (κ2) is 6.24. The van der Waals surface area contributed by atoms with E-state index in [0.717, 1.165) is 23.6 Å². The van der Waals surface area contributed by atoms with Crippen molar-refractivity contribution in [1.29, 1.82) is 0 Å². The molecular formula is C14H18N2O3. The quantitative estimate of drug-likeness (QED) is 0.865. The number of aryl methyl sites for hydroxylation is 1. The minimum atomic E-state index is 0.358. The SMILES string of the molecule is CNCc1ccc(OC)c(OCc2cc(C)on2)c1. The number of nitrogens with zero attached hydrogens (tertiary/aromatic N) is 1. The zero-order chi connectivity index (χ0) is 13.7. The third-order valence-electron chi connectivity index (χ3n) is 2.66. The van der Waals surface area contributed by atoms with Crippen molar-refractivity contribution in [3.05, 3.63) is 41.3 Å². The lowest BCUT2D eigenvalue weighted by molar-refractivity contribution is 0.271. The molecule has 0 bridgehead atoms. The Bertz CT molecular complexity index is 537. The van der Waals surface area contributed by atoms with Gasteiger partial charge in [0.25, 0.3) is 0 Å². The number of nitrogens with one attached hydrogen (secondary N) is 1. The smallest absolute Gasteiger partial charge is 0.162 e. The average molecular weight is 262 g/mol. The number of methoxy groups -OCH3 is 1. The van der Waals surface area contributed by atoms with Gasteiger partial charge in [-0.05, 0) is 31.7 Å². The third-order valence-corrected chi connectivity index (χ3v) is 2.66. The van der Waals surface area contributed by atoms with Gasteiger partial charge in [0.2, 0.25) is 0 Å². The highest BCUT2D eigenvalue weighted by Crippen LogP contribution is 2.28. The van der Waals surface area contributed by atoms with Crippen LogP contribution in [0.1, 0.15) is 17.0 Å². The van der Waals surface area contributed by atoms with E-state index >= 15 is 0 Å². The Kier molecular flexibility index (Phi) is 4.41. The van der Waals surface area contributed by atoms with Gasteiger partial charge in [-0.25, -0.2) is 0 Å². The maximum atomic E-state index is 5.74. The summed E-state index contributed by atoms with van der Waals surface area (Å²) >= 11 is 0.